The zero-order valence-electron chi connectivity index (χ0n) is 26.4. The predicted octanol–water partition coefficient (Wildman–Crippen LogP) is 9.44. The number of hydrogen-bond donors (Lipinski definition) is 0. The fourth-order valence-corrected chi connectivity index (χ4v) is 7.55. The van der Waals surface area contributed by atoms with E-state index in [1.54, 1.807) is 23.5 Å². The van der Waals surface area contributed by atoms with E-state index in [0.717, 1.165) is 27.2 Å². The molecule has 0 unspecified atom stereocenters. The summed E-state index contributed by atoms with van der Waals surface area (Å²) in [6.45, 7) is 9.32. The van der Waals surface area contributed by atoms with Crippen molar-refractivity contribution in [2.75, 3.05) is 0 Å². The molecule has 0 amide bonds. The van der Waals surface area contributed by atoms with Crippen molar-refractivity contribution in [2.24, 2.45) is 0 Å². The fourth-order valence-electron chi connectivity index (χ4n) is 4.61. The average molecular weight is 738 g/mol. The van der Waals surface area contributed by atoms with E-state index in [9.17, 15) is 0 Å². The molecular formula is C35H34IrN2SSi-2. The van der Waals surface area contributed by atoms with E-state index in [-0.39, 0.29) is 25.7 Å². The quantitative estimate of drug-likeness (QED) is 0.133. The number of fused-ring (bicyclic) bond motifs is 3. The molecular weight excluding hydrogens is 701 g/mol. The number of pyridine rings is 2. The molecule has 1 radical (unpaired) electrons. The van der Waals surface area contributed by atoms with E-state index >= 15 is 0 Å². The number of rotatable bonds is 4. The Kier molecular flexibility index (Phi) is 8.25. The Morgan fingerprint density at radius 3 is 2.25 bits per heavy atom. The standard InChI is InChI=1S/C21H20NSSi.C14H14N.Ir/c1-14-11-12-17(22-13-14)15-7-5-8-16-20-18(23-21(15)16)9-6-10-19(20)24(2,3)4;1-11(2)13-8-9-14(15-10-13)12-6-4-3-5-7-12;/h5-6,8-13H,1-4H3;3-6,8-11H,1-2H3;/q2*-1;/i1D3;;. The summed E-state index contributed by atoms with van der Waals surface area (Å²) in [7, 11) is -1.49. The van der Waals surface area contributed by atoms with Crippen molar-refractivity contribution in [2.45, 2.75) is 46.3 Å². The van der Waals surface area contributed by atoms with Crippen LogP contribution in [0, 0.1) is 19.0 Å². The Morgan fingerprint density at radius 1 is 0.825 bits per heavy atom. The van der Waals surface area contributed by atoms with Crippen LogP contribution < -0.4 is 5.19 Å². The zero-order valence-corrected chi connectivity index (χ0v) is 27.6. The molecule has 5 heteroatoms. The van der Waals surface area contributed by atoms with Crippen molar-refractivity contribution in [3.05, 3.63) is 115 Å². The molecule has 0 atom stereocenters. The van der Waals surface area contributed by atoms with E-state index in [1.807, 2.05) is 36.5 Å². The maximum atomic E-state index is 7.53. The van der Waals surface area contributed by atoms with Crippen LogP contribution >= 0.6 is 11.3 Å². The third-order valence-electron chi connectivity index (χ3n) is 6.72. The molecule has 0 aliphatic carbocycles. The number of benzene rings is 3. The largest absolute Gasteiger partial charge is 0.304 e. The van der Waals surface area contributed by atoms with E-state index in [1.165, 1.54) is 32.4 Å². The van der Waals surface area contributed by atoms with E-state index in [4.69, 9.17) is 4.11 Å². The summed E-state index contributed by atoms with van der Waals surface area (Å²) >= 11 is 1.76. The second-order valence-corrected chi connectivity index (χ2v) is 17.1. The molecule has 0 bridgehead atoms. The van der Waals surface area contributed by atoms with E-state index in [2.05, 4.69) is 92.0 Å². The minimum atomic E-state index is -2.13. The van der Waals surface area contributed by atoms with Crippen LogP contribution in [0.3, 0.4) is 0 Å². The molecule has 0 aliphatic rings. The Labute approximate surface area is 261 Å². The second kappa shape index (κ2) is 12.7. The van der Waals surface area contributed by atoms with Crippen LogP contribution in [0.25, 0.3) is 42.7 Å². The molecule has 0 saturated carbocycles. The number of thiophene rings is 1. The Hall–Kier alpha value is -2.95. The predicted molar refractivity (Wildman–Crippen MR) is 172 cm³/mol. The monoisotopic (exact) mass is 738 g/mol. The molecule has 0 N–H and O–H groups in total. The summed E-state index contributed by atoms with van der Waals surface area (Å²) in [5, 5.41) is 4.06. The van der Waals surface area contributed by atoms with Gasteiger partial charge in [0, 0.05) is 41.3 Å². The van der Waals surface area contributed by atoms with Crippen LogP contribution in [0.2, 0.25) is 19.6 Å². The minimum absolute atomic E-state index is 0. The first-order valence-corrected chi connectivity index (χ1v) is 17.5. The van der Waals surface area contributed by atoms with Crippen molar-refractivity contribution in [3.8, 4) is 22.5 Å². The van der Waals surface area contributed by atoms with Gasteiger partial charge in [0.1, 0.15) is 0 Å². The van der Waals surface area contributed by atoms with Gasteiger partial charge in [-0.2, -0.15) is 11.3 Å². The third-order valence-corrected chi connectivity index (χ3v) is 9.94. The smallest absolute Gasteiger partial charge is 0.0783 e. The van der Waals surface area contributed by atoms with Crippen LogP contribution in [0.4, 0.5) is 0 Å². The maximum absolute atomic E-state index is 7.53. The summed E-state index contributed by atoms with van der Waals surface area (Å²) in [5.41, 5.74) is 5.26. The van der Waals surface area contributed by atoms with Crippen molar-refractivity contribution in [1.29, 1.82) is 0 Å². The molecule has 0 aliphatic heterocycles. The number of hydrogen-bond acceptors (Lipinski definition) is 3. The van der Waals surface area contributed by atoms with Crippen LogP contribution in [-0.4, -0.2) is 18.0 Å². The summed E-state index contributed by atoms with van der Waals surface area (Å²) in [5.74, 6) is 0.534. The molecule has 3 aromatic carbocycles. The first-order valence-electron chi connectivity index (χ1n) is 14.7. The number of aromatic nitrogens is 2. The molecule has 6 rings (SSSR count). The van der Waals surface area contributed by atoms with E-state index in [0.29, 0.717) is 5.92 Å². The topological polar surface area (TPSA) is 25.8 Å². The SMILES string of the molecule is CC(C)c1ccc(-c2[c-]cccc2)nc1.[2H]C([2H])([2H])c1ccc(-c2[c-]ccc3c2sc2cccc([Si](C)(C)C)c23)nc1.[Ir]. The molecule has 0 fully saturated rings. The van der Waals surface area contributed by atoms with Crippen molar-refractivity contribution >= 4 is 44.8 Å². The molecule has 2 nitrogen and oxygen atoms in total. The minimum Gasteiger partial charge on any atom is -0.304 e. The molecule has 3 aromatic heterocycles. The van der Waals surface area contributed by atoms with Gasteiger partial charge >= 0.3 is 0 Å². The van der Waals surface area contributed by atoms with Crippen molar-refractivity contribution in [1.82, 2.24) is 9.97 Å². The van der Waals surface area contributed by atoms with Crippen LogP contribution in [0.1, 0.15) is 35.0 Å². The molecule has 6 aromatic rings. The van der Waals surface area contributed by atoms with Crippen LogP contribution in [0.15, 0.2) is 91.3 Å². The van der Waals surface area contributed by atoms with Gasteiger partial charge in [-0.3, -0.25) is 0 Å². The van der Waals surface area contributed by atoms with Crippen molar-refractivity contribution < 1.29 is 24.2 Å². The van der Waals surface area contributed by atoms with Gasteiger partial charge in [-0.25, -0.2) is 0 Å². The van der Waals surface area contributed by atoms with Gasteiger partial charge in [-0.15, -0.1) is 59.7 Å². The Bertz CT molecular complexity index is 1810. The maximum Gasteiger partial charge on any atom is 0.0783 e. The Morgan fingerprint density at radius 2 is 1.62 bits per heavy atom. The summed E-state index contributed by atoms with van der Waals surface area (Å²) in [4.78, 5) is 8.87. The van der Waals surface area contributed by atoms with Gasteiger partial charge in [0.05, 0.1) is 8.07 Å². The van der Waals surface area contributed by atoms with Crippen LogP contribution in [-0.2, 0) is 20.1 Å². The molecule has 3 heterocycles. The summed E-state index contributed by atoms with van der Waals surface area (Å²) < 4.78 is 25.0. The van der Waals surface area contributed by atoms with Gasteiger partial charge in [-0.1, -0.05) is 80.5 Å². The number of aryl methyl sites for hydroxylation is 1. The second-order valence-electron chi connectivity index (χ2n) is 11.0. The first kappa shape index (κ1) is 26.0. The zero-order chi connectivity index (χ0) is 30.1. The van der Waals surface area contributed by atoms with Gasteiger partial charge < -0.3 is 9.97 Å². The van der Waals surface area contributed by atoms with Gasteiger partial charge in [0.25, 0.3) is 0 Å². The van der Waals surface area contributed by atoms with Gasteiger partial charge in [0.15, 0.2) is 0 Å². The Balaban J connectivity index is 0.000000225. The molecule has 205 valence electrons. The normalized spacial score (nSPS) is 12.7. The first-order chi connectivity index (χ1) is 19.9. The third kappa shape index (κ3) is 6.50. The van der Waals surface area contributed by atoms with Crippen LogP contribution in [0.5, 0.6) is 0 Å². The average Bonchev–Trinajstić information content (AvgIpc) is 3.36. The van der Waals surface area contributed by atoms with Gasteiger partial charge in [0.2, 0.25) is 0 Å². The summed E-state index contributed by atoms with van der Waals surface area (Å²) in [6.07, 6.45) is 3.40. The fraction of sp³-hybridized carbons (Fsp3) is 0.200. The molecule has 40 heavy (non-hydrogen) atoms. The number of nitrogens with zero attached hydrogens (tertiary/aromatic N) is 2. The summed E-state index contributed by atoms with van der Waals surface area (Å²) in [6, 6.07) is 32.7. The molecule has 0 spiro atoms. The molecule has 0 saturated heterocycles. The van der Waals surface area contributed by atoms with E-state index < -0.39 is 14.9 Å². The van der Waals surface area contributed by atoms with Crippen molar-refractivity contribution in [3.63, 3.8) is 0 Å². The van der Waals surface area contributed by atoms with Gasteiger partial charge in [-0.05, 0) is 51.4 Å².